The number of ether oxygens (including phenoxy) is 2. The summed E-state index contributed by atoms with van der Waals surface area (Å²) in [7, 11) is 3.54. The molecule has 0 aromatic rings. The normalized spacial score (nSPS) is 30.2. The Morgan fingerprint density at radius 3 is 2.36 bits per heavy atom. The van der Waals surface area contributed by atoms with Crippen LogP contribution < -0.4 is 0 Å². The Hall–Kier alpha value is 0.210. The van der Waals surface area contributed by atoms with Gasteiger partial charge in [-0.1, -0.05) is 0 Å². The van der Waals surface area contributed by atoms with Crippen LogP contribution >= 0.6 is 11.6 Å². The van der Waals surface area contributed by atoms with E-state index < -0.39 is 0 Å². The first-order valence-electron chi connectivity index (χ1n) is 5.43. The zero-order valence-electron chi connectivity index (χ0n) is 9.17. The second-order valence-electron chi connectivity index (χ2n) is 4.07. The van der Waals surface area contributed by atoms with Gasteiger partial charge in [-0.05, 0) is 38.0 Å². The molecule has 1 fully saturated rings. The Morgan fingerprint density at radius 2 is 1.86 bits per heavy atom. The van der Waals surface area contributed by atoms with Gasteiger partial charge in [-0.2, -0.15) is 0 Å². The minimum atomic E-state index is 0.360. The highest BCUT2D eigenvalue weighted by Gasteiger charge is 2.26. The van der Waals surface area contributed by atoms with E-state index in [9.17, 15) is 0 Å². The third-order valence-corrected chi connectivity index (χ3v) is 3.57. The lowest BCUT2D eigenvalue weighted by molar-refractivity contribution is 0.0134. The molecule has 2 nitrogen and oxygen atoms in total. The number of hydrogen-bond acceptors (Lipinski definition) is 2. The first kappa shape index (κ1) is 12.3. The zero-order chi connectivity index (χ0) is 10.4. The summed E-state index contributed by atoms with van der Waals surface area (Å²) in [6.45, 7) is 0.791. The zero-order valence-corrected chi connectivity index (χ0v) is 9.93. The average molecular weight is 221 g/mol. The molecule has 0 aromatic heterocycles. The summed E-state index contributed by atoms with van der Waals surface area (Å²) in [4.78, 5) is 0. The summed E-state index contributed by atoms with van der Waals surface area (Å²) < 4.78 is 10.6. The molecule has 1 aliphatic rings. The molecule has 1 aliphatic carbocycles. The van der Waals surface area contributed by atoms with Crippen LogP contribution in [0.1, 0.15) is 32.1 Å². The fourth-order valence-corrected chi connectivity index (χ4v) is 2.48. The molecule has 14 heavy (non-hydrogen) atoms. The van der Waals surface area contributed by atoms with Crippen LogP contribution in [0.3, 0.4) is 0 Å². The van der Waals surface area contributed by atoms with Gasteiger partial charge in [-0.25, -0.2) is 0 Å². The van der Waals surface area contributed by atoms with Crippen molar-refractivity contribution in [2.45, 2.75) is 43.6 Å². The monoisotopic (exact) mass is 220 g/mol. The molecular formula is C11H21ClO2. The second kappa shape index (κ2) is 6.65. The number of alkyl halides is 1. The van der Waals surface area contributed by atoms with E-state index in [1.165, 1.54) is 12.8 Å². The molecule has 1 saturated carbocycles. The van der Waals surface area contributed by atoms with Crippen molar-refractivity contribution in [3.05, 3.63) is 0 Å². The van der Waals surface area contributed by atoms with Crippen LogP contribution in [0.4, 0.5) is 0 Å². The van der Waals surface area contributed by atoms with Crippen LogP contribution in [-0.4, -0.2) is 32.3 Å². The van der Waals surface area contributed by atoms with Crippen molar-refractivity contribution < 1.29 is 9.47 Å². The smallest absolute Gasteiger partial charge is 0.0621 e. The molecular weight excluding hydrogens is 200 g/mol. The first-order chi connectivity index (χ1) is 6.77. The Labute approximate surface area is 91.9 Å². The number of rotatable bonds is 5. The van der Waals surface area contributed by atoms with E-state index in [-0.39, 0.29) is 0 Å². The maximum absolute atomic E-state index is 6.07. The molecule has 0 heterocycles. The Kier molecular flexibility index (Phi) is 5.83. The van der Waals surface area contributed by atoms with Crippen LogP contribution in [0.2, 0.25) is 0 Å². The Balaban J connectivity index is 2.29. The molecule has 1 rings (SSSR count). The number of halogens is 1. The highest BCUT2D eigenvalue weighted by atomic mass is 35.5. The predicted octanol–water partition coefficient (Wildman–Crippen LogP) is 2.84. The summed E-state index contributed by atoms with van der Waals surface area (Å²) in [5, 5.41) is 0.395. The largest absolute Gasteiger partial charge is 0.385 e. The number of hydrogen-bond donors (Lipinski definition) is 0. The van der Waals surface area contributed by atoms with Gasteiger partial charge in [-0.3, -0.25) is 0 Å². The van der Waals surface area contributed by atoms with Crippen LogP contribution in [0.25, 0.3) is 0 Å². The van der Waals surface area contributed by atoms with Gasteiger partial charge in [0.2, 0.25) is 0 Å². The third kappa shape index (κ3) is 3.76. The average Bonchev–Trinajstić information content (AvgIpc) is 2.21. The maximum Gasteiger partial charge on any atom is 0.0621 e. The lowest BCUT2D eigenvalue weighted by Crippen LogP contribution is -2.28. The fraction of sp³-hybridized carbons (Fsp3) is 1.00. The molecule has 1 unspecified atom stereocenters. The Bertz CT molecular complexity index is 141. The first-order valence-corrected chi connectivity index (χ1v) is 5.87. The standard InChI is InChI=1S/C11H21ClO2/c1-13-8-7-11(14-2)9-3-5-10(12)6-4-9/h9-11H,3-8H2,1-2H3. The topological polar surface area (TPSA) is 18.5 Å². The Morgan fingerprint density at radius 1 is 1.21 bits per heavy atom. The van der Waals surface area contributed by atoms with Crippen LogP contribution in [0.5, 0.6) is 0 Å². The lowest BCUT2D eigenvalue weighted by Gasteiger charge is -2.31. The van der Waals surface area contributed by atoms with Gasteiger partial charge in [0.15, 0.2) is 0 Å². The molecule has 0 N–H and O–H groups in total. The molecule has 0 amide bonds. The van der Waals surface area contributed by atoms with Gasteiger partial charge in [-0.15, -0.1) is 11.6 Å². The maximum atomic E-state index is 6.07. The molecule has 0 spiro atoms. The van der Waals surface area contributed by atoms with E-state index in [0.717, 1.165) is 25.9 Å². The van der Waals surface area contributed by atoms with E-state index in [1.54, 1.807) is 14.2 Å². The molecule has 0 aliphatic heterocycles. The minimum Gasteiger partial charge on any atom is -0.385 e. The minimum absolute atomic E-state index is 0.360. The summed E-state index contributed by atoms with van der Waals surface area (Å²) in [5.41, 5.74) is 0. The summed E-state index contributed by atoms with van der Waals surface area (Å²) in [6, 6.07) is 0. The van der Waals surface area contributed by atoms with Crippen molar-refractivity contribution in [1.29, 1.82) is 0 Å². The predicted molar refractivity (Wildman–Crippen MR) is 58.9 cm³/mol. The van der Waals surface area contributed by atoms with Crippen molar-refractivity contribution in [2.75, 3.05) is 20.8 Å². The lowest BCUT2D eigenvalue weighted by atomic mass is 9.84. The van der Waals surface area contributed by atoms with Crippen LogP contribution in [-0.2, 0) is 9.47 Å². The second-order valence-corrected chi connectivity index (χ2v) is 4.68. The molecule has 0 bridgehead atoms. The summed E-state index contributed by atoms with van der Waals surface area (Å²) in [5.74, 6) is 0.685. The third-order valence-electron chi connectivity index (χ3n) is 3.14. The van der Waals surface area contributed by atoms with Crippen molar-refractivity contribution in [3.63, 3.8) is 0 Å². The highest BCUT2D eigenvalue weighted by Crippen LogP contribution is 2.31. The summed E-state index contributed by atoms with van der Waals surface area (Å²) in [6.07, 6.45) is 6.05. The van der Waals surface area contributed by atoms with E-state index >= 15 is 0 Å². The number of methoxy groups -OCH3 is 2. The van der Waals surface area contributed by atoms with Crippen LogP contribution in [0.15, 0.2) is 0 Å². The molecule has 0 aromatic carbocycles. The fourth-order valence-electron chi connectivity index (χ4n) is 2.23. The van der Waals surface area contributed by atoms with Crippen molar-refractivity contribution in [3.8, 4) is 0 Å². The van der Waals surface area contributed by atoms with E-state index in [2.05, 4.69) is 0 Å². The van der Waals surface area contributed by atoms with Gasteiger partial charge in [0.05, 0.1) is 6.10 Å². The molecule has 84 valence electrons. The molecule has 3 heteroatoms. The van der Waals surface area contributed by atoms with Crippen molar-refractivity contribution in [1.82, 2.24) is 0 Å². The van der Waals surface area contributed by atoms with Gasteiger partial charge in [0.25, 0.3) is 0 Å². The van der Waals surface area contributed by atoms with Crippen LogP contribution in [0, 0.1) is 5.92 Å². The molecule has 0 radical (unpaired) electrons. The quantitative estimate of drug-likeness (QED) is 0.664. The van der Waals surface area contributed by atoms with Crippen molar-refractivity contribution in [2.24, 2.45) is 5.92 Å². The van der Waals surface area contributed by atoms with E-state index in [1.807, 2.05) is 0 Å². The summed E-state index contributed by atoms with van der Waals surface area (Å²) >= 11 is 6.07. The van der Waals surface area contributed by atoms with Gasteiger partial charge in [0, 0.05) is 26.2 Å². The van der Waals surface area contributed by atoms with Gasteiger partial charge < -0.3 is 9.47 Å². The van der Waals surface area contributed by atoms with Gasteiger partial charge in [0.1, 0.15) is 0 Å². The van der Waals surface area contributed by atoms with E-state index in [0.29, 0.717) is 17.4 Å². The molecule has 0 saturated heterocycles. The SMILES string of the molecule is COCCC(OC)C1CCC(Cl)CC1. The van der Waals surface area contributed by atoms with E-state index in [4.69, 9.17) is 21.1 Å². The van der Waals surface area contributed by atoms with Crippen molar-refractivity contribution >= 4 is 11.6 Å². The van der Waals surface area contributed by atoms with Gasteiger partial charge >= 0.3 is 0 Å². The highest BCUT2D eigenvalue weighted by molar-refractivity contribution is 6.20. The molecule has 1 atom stereocenters.